The van der Waals surface area contributed by atoms with Crippen molar-refractivity contribution in [3.05, 3.63) is 23.5 Å². The lowest BCUT2D eigenvalue weighted by atomic mass is 9.83. The van der Waals surface area contributed by atoms with Gasteiger partial charge >= 0.3 is 0 Å². The third kappa shape index (κ3) is 2.63. The minimum atomic E-state index is 0.599. The zero-order valence-corrected chi connectivity index (χ0v) is 10.0. The highest BCUT2D eigenvalue weighted by atomic mass is 16.5. The van der Waals surface area contributed by atoms with Crippen molar-refractivity contribution in [2.45, 2.75) is 34.1 Å². The first-order valence-corrected chi connectivity index (χ1v) is 5.50. The van der Waals surface area contributed by atoms with E-state index in [1.165, 1.54) is 5.57 Å². The van der Waals surface area contributed by atoms with E-state index in [1.54, 1.807) is 7.11 Å². The van der Waals surface area contributed by atoms with Gasteiger partial charge in [0.05, 0.1) is 12.9 Å². The van der Waals surface area contributed by atoms with Gasteiger partial charge in [0.2, 0.25) is 0 Å². The fourth-order valence-electron chi connectivity index (χ4n) is 1.76. The molecule has 0 saturated carbocycles. The predicted molar refractivity (Wildman–Crippen MR) is 61.0 cm³/mol. The molecule has 14 heavy (non-hydrogen) atoms. The molecule has 0 bridgehead atoms. The Balaban J connectivity index is 2.85. The summed E-state index contributed by atoms with van der Waals surface area (Å²) in [4.78, 5) is 0. The van der Waals surface area contributed by atoms with Crippen molar-refractivity contribution in [2.75, 3.05) is 7.11 Å². The molecule has 0 heterocycles. The summed E-state index contributed by atoms with van der Waals surface area (Å²) in [6.45, 7) is 9.02. The fourth-order valence-corrected chi connectivity index (χ4v) is 1.76. The third-order valence-corrected chi connectivity index (χ3v) is 2.96. The quantitative estimate of drug-likeness (QED) is 0.664. The van der Waals surface area contributed by atoms with Gasteiger partial charge in [-0.3, -0.25) is 0 Å². The second-order valence-electron chi connectivity index (χ2n) is 4.75. The molecule has 0 aromatic carbocycles. The smallest absolute Gasteiger partial charge is 0.0964 e. The highest BCUT2D eigenvalue weighted by molar-refractivity contribution is 5.28. The summed E-state index contributed by atoms with van der Waals surface area (Å²) in [5.74, 6) is 3.08. The first-order chi connectivity index (χ1) is 6.54. The van der Waals surface area contributed by atoms with Crippen LogP contribution < -0.4 is 0 Å². The van der Waals surface area contributed by atoms with Crippen LogP contribution in [0.25, 0.3) is 0 Å². The van der Waals surface area contributed by atoms with Crippen molar-refractivity contribution < 1.29 is 4.74 Å². The van der Waals surface area contributed by atoms with Crippen LogP contribution in [0.1, 0.15) is 34.1 Å². The molecule has 0 fully saturated rings. The molecule has 1 nitrogen and oxygen atoms in total. The fraction of sp³-hybridized carbons (Fsp3) is 0.692. The summed E-state index contributed by atoms with van der Waals surface area (Å²) in [6.07, 6.45) is 5.67. The van der Waals surface area contributed by atoms with E-state index in [2.05, 4.69) is 39.8 Å². The van der Waals surface area contributed by atoms with Crippen molar-refractivity contribution in [2.24, 2.45) is 17.8 Å². The van der Waals surface area contributed by atoms with Gasteiger partial charge < -0.3 is 4.74 Å². The number of rotatable bonds is 3. The Hall–Kier alpha value is -0.720. The van der Waals surface area contributed by atoms with Gasteiger partial charge in [-0.1, -0.05) is 33.8 Å². The van der Waals surface area contributed by atoms with E-state index in [-0.39, 0.29) is 0 Å². The zero-order valence-electron chi connectivity index (χ0n) is 10.0. The average Bonchev–Trinajstić information content (AvgIpc) is 2.16. The standard InChI is InChI=1S/C13H22O/c1-9(2)11-6-12(10(3)4)8-13(7-11)14-5/h6-7,9-10,12H,8H2,1-5H3. The van der Waals surface area contributed by atoms with Gasteiger partial charge in [-0.2, -0.15) is 0 Å². The summed E-state index contributed by atoms with van der Waals surface area (Å²) in [6, 6.07) is 0. The van der Waals surface area contributed by atoms with Crippen LogP contribution in [0.5, 0.6) is 0 Å². The summed E-state index contributed by atoms with van der Waals surface area (Å²) in [5.41, 5.74) is 1.42. The minimum Gasteiger partial charge on any atom is -0.501 e. The first-order valence-electron chi connectivity index (χ1n) is 5.50. The molecule has 0 saturated heterocycles. The lowest BCUT2D eigenvalue weighted by molar-refractivity contribution is 0.251. The largest absolute Gasteiger partial charge is 0.501 e. The van der Waals surface area contributed by atoms with Gasteiger partial charge in [0.1, 0.15) is 0 Å². The molecule has 1 aliphatic carbocycles. The van der Waals surface area contributed by atoms with E-state index in [9.17, 15) is 0 Å². The van der Waals surface area contributed by atoms with E-state index in [0.29, 0.717) is 17.8 Å². The molecule has 0 aromatic rings. The maximum absolute atomic E-state index is 5.37. The first kappa shape index (κ1) is 11.4. The molecule has 0 aliphatic heterocycles. The van der Waals surface area contributed by atoms with Crippen LogP contribution in [0.3, 0.4) is 0 Å². The molecule has 1 rings (SSSR count). The molecule has 1 aliphatic rings. The SMILES string of the molecule is COC1=CC(C(C)C)=CC(C(C)C)C1. The maximum Gasteiger partial charge on any atom is 0.0964 e. The Bertz CT molecular complexity index is 246. The van der Waals surface area contributed by atoms with Crippen LogP contribution in [0.2, 0.25) is 0 Å². The molecule has 0 radical (unpaired) electrons. The number of hydrogen-bond donors (Lipinski definition) is 0. The molecule has 1 heteroatoms. The highest BCUT2D eigenvalue weighted by Gasteiger charge is 2.19. The van der Waals surface area contributed by atoms with Crippen molar-refractivity contribution in [1.29, 1.82) is 0 Å². The topological polar surface area (TPSA) is 9.23 Å². The number of allylic oxidation sites excluding steroid dienone is 4. The molecule has 1 unspecified atom stereocenters. The van der Waals surface area contributed by atoms with Crippen LogP contribution in [-0.4, -0.2) is 7.11 Å². The Morgan fingerprint density at radius 2 is 1.93 bits per heavy atom. The number of methoxy groups -OCH3 is 1. The van der Waals surface area contributed by atoms with Crippen LogP contribution in [0, 0.1) is 17.8 Å². The van der Waals surface area contributed by atoms with Crippen molar-refractivity contribution in [1.82, 2.24) is 0 Å². The van der Waals surface area contributed by atoms with Crippen LogP contribution in [0.4, 0.5) is 0 Å². The summed E-state index contributed by atoms with van der Waals surface area (Å²) >= 11 is 0. The van der Waals surface area contributed by atoms with E-state index in [4.69, 9.17) is 4.74 Å². The van der Waals surface area contributed by atoms with Gasteiger partial charge in [-0.05, 0) is 29.4 Å². The monoisotopic (exact) mass is 194 g/mol. The van der Waals surface area contributed by atoms with Crippen molar-refractivity contribution >= 4 is 0 Å². The van der Waals surface area contributed by atoms with Crippen LogP contribution in [0.15, 0.2) is 23.5 Å². The molecule has 80 valence electrons. The van der Waals surface area contributed by atoms with Crippen molar-refractivity contribution in [3.8, 4) is 0 Å². The lowest BCUT2D eigenvalue weighted by Gasteiger charge is -2.25. The second-order valence-corrected chi connectivity index (χ2v) is 4.75. The van der Waals surface area contributed by atoms with E-state index in [0.717, 1.165) is 12.2 Å². The maximum atomic E-state index is 5.37. The Morgan fingerprint density at radius 3 is 2.36 bits per heavy atom. The molecule has 0 amide bonds. The third-order valence-electron chi connectivity index (χ3n) is 2.96. The normalized spacial score (nSPS) is 22.4. The molecule has 0 spiro atoms. The summed E-state index contributed by atoms with van der Waals surface area (Å²) < 4.78 is 5.37. The van der Waals surface area contributed by atoms with Crippen molar-refractivity contribution in [3.63, 3.8) is 0 Å². The average molecular weight is 194 g/mol. The van der Waals surface area contributed by atoms with Gasteiger partial charge in [-0.25, -0.2) is 0 Å². The number of hydrogen-bond acceptors (Lipinski definition) is 1. The van der Waals surface area contributed by atoms with Crippen LogP contribution >= 0.6 is 0 Å². The van der Waals surface area contributed by atoms with Gasteiger partial charge in [-0.15, -0.1) is 0 Å². The molecule has 0 aromatic heterocycles. The molecule has 0 N–H and O–H groups in total. The Kier molecular flexibility index (Phi) is 3.79. The molecule has 1 atom stereocenters. The van der Waals surface area contributed by atoms with E-state index < -0.39 is 0 Å². The zero-order chi connectivity index (χ0) is 10.7. The Morgan fingerprint density at radius 1 is 1.29 bits per heavy atom. The molecular weight excluding hydrogens is 172 g/mol. The highest BCUT2D eigenvalue weighted by Crippen LogP contribution is 2.31. The minimum absolute atomic E-state index is 0.599. The Labute approximate surface area is 87.8 Å². The van der Waals surface area contributed by atoms with Crippen LogP contribution in [-0.2, 0) is 4.74 Å². The lowest BCUT2D eigenvalue weighted by Crippen LogP contribution is -2.13. The molecular formula is C13H22O. The summed E-state index contributed by atoms with van der Waals surface area (Å²) in [7, 11) is 1.77. The van der Waals surface area contributed by atoms with Gasteiger partial charge in [0.25, 0.3) is 0 Å². The predicted octanol–water partition coefficient (Wildman–Crippen LogP) is 3.78. The van der Waals surface area contributed by atoms with Gasteiger partial charge in [0, 0.05) is 6.42 Å². The van der Waals surface area contributed by atoms with Gasteiger partial charge in [0.15, 0.2) is 0 Å². The summed E-state index contributed by atoms with van der Waals surface area (Å²) in [5, 5.41) is 0. The van der Waals surface area contributed by atoms with E-state index in [1.807, 2.05) is 0 Å². The second kappa shape index (κ2) is 4.68. The number of ether oxygens (including phenoxy) is 1. The van der Waals surface area contributed by atoms with E-state index >= 15 is 0 Å².